The van der Waals surface area contributed by atoms with Crippen molar-refractivity contribution < 1.29 is 14.9 Å². The highest BCUT2D eigenvalue weighted by Gasteiger charge is 2.31. The van der Waals surface area contributed by atoms with E-state index in [1.807, 2.05) is 13.0 Å². The molecule has 0 unspecified atom stereocenters. The number of ether oxygens (including phenoxy) is 1. The van der Waals surface area contributed by atoms with Crippen LogP contribution in [0.4, 0.5) is 0 Å². The number of methoxy groups -OCH3 is 1. The van der Waals surface area contributed by atoms with Gasteiger partial charge in [0.05, 0.1) is 17.8 Å². The highest BCUT2D eigenvalue weighted by Crippen LogP contribution is 2.19. The molecule has 0 saturated carbocycles. The molecule has 4 heteroatoms. The van der Waals surface area contributed by atoms with Gasteiger partial charge >= 0.3 is 0 Å². The van der Waals surface area contributed by atoms with Gasteiger partial charge in [-0.05, 0) is 34.1 Å². The van der Waals surface area contributed by atoms with Crippen molar-refractivity contribution in [2.75, 3.05) is 13.7 Å². The SMILES string of the molecule is CC(C)(O)C(C)(C)O.[B]/C(=C/COC)CC. The maximum absolute atomic E-state index is 9.10. The van der Waals surface area contributed by atoms with Crippen molar-refractivity contribution in [3.8, 4) is 0 Å². The van der Waals surface area contributed by atoms with Crippen molar-refractivity contribution in [2.45, 2.75) is 52.2 Å². The number of hydrogen-bond acceptors (Lipinski definition) is 3. The minimum atomic E-state index is -1.01. The molecule has 0 aromatic rings. The fraction of sp³-hybridized carbons (Fsp3) is 0.833. The third-order valence-corrected chi connectivity index (χ3v) is 2.42. The molecule has 0 aliphatic carbocycles. The van der Waals surface area contributed by atoms with E-state index in [-0.39, 0.29) is 0 Å². The Bertz CT molecular complexity index is 187. The molecule has 16 heavy (non-hydrogen) atoms. The summed E-state index contributed by atoms with van der Waals surface area (Å²) in [5.74, 6) is 0. The molecular formula is C12H25BO3. The second kappa shape index (κ2) is 7.88. The molecule has 0 aliphatic rings. The van der Waals surface area contributed by atoms with Gasteiger partial charge in [0.15, 0.2) is 0 Å². The molecule has 0 aliphatic heterocycles. The maximum atomic E-state index is 9.10. The van der Waals surface area contributed by atoms with Crippen LogP contribution in [0.1, 0.15) is 41.0 Å². The molecule has 2 N–H and O–H groups in total. The molecule has 0 saturated heterocycles. The van der Waals surface area contributed by atoms with Crippen LogP contribution >= 0.6 is 0 Å². The largest absolute Gasteiger partial charge is 0.387 e. The fourth-order valence-electron chi connectivity index (χ4n) is 0.335. The van der Waals surface area contributed by atoms with Crippen LogP contribution in [0.5, 0.6) is 0 Å². The van der Waals surface area contributed by atoms with Gasteiger partial charge in [-0.1, -0.05) is 13.0 Å². The molecule has 0 amide bonds. The summed E-state index contributed by atoms with van der Waals surface area (Å²) < 4.78 is 4.76. The van der Waals surface area contributed by atoms with E-state index in [2.05, 4.69) is 0 Å². The summed E-state index contributed by atoms with van der Waals surface area (Å²) in [4.78, 5) is 0. The van der Waals surface area contributed by atoms with Gasteiger partial charge in [0.1, 0.15) is 7.85 Å². The predicted molar refractivity (Wildman–Crippen MR) is 68.6 cm³/mol. The zero-order valence-corrected chi connectivity index (χ0v) is 11.4. The topological polar surface area (TPSA) is 49.7 Å². The van der Waals surface area contributed by atoms with E-state index in [1.165, 1.54) is 0 Å². The molecule has 0 fully saturated rings. The molecule has 0 atom stereocenters. The maximum Gasteiger partial charge on any atom is 0.107 e. The quantitative estimate of drug-likeness (QED) is 0.719. The van der Waals surface area contributed by atoms with Crippen LogP contribution in [-0.2, 0) is 4.74 Å². The molecular weight excluding hydrogens is 203 g/mol. The van der Waals surface area contributed by atoms with Crippen molar-refractivity contribution in [3.63, 3.8) is 0 Å². The van der Waals surface area contributed by atoms with Crippen LogP contribution < -0.4 is 0 Å². The van der Waals surface area contributed by atoms with E-state index in [9.17, 15) is 0 Å². The Balaban J connectivity index is 0. The predicted octanol–water partition coefficient (Wildman–Crippen LogP) is 1.62. The molecule has 0 aromatic heterocycles. The van der Waals surface area contributed by atoms with Crippen molar-refractivity contribution in [3.05, 3.63) is 11.5 Å². The summed E-state index contributed by atoms with van der Waals surface area (Å²) >= 11 is 0. The first-order valence-electron chi connectivity index (χ1n) is 5.44. The van der Waals surface area contributed by atoms with E-state index >= 15 is 0 Å². The first kappa shape index (κ1) is 18.1. The van der Waals surface area contributed by atoms with Crippen LogP contribution in [0.3, 0.4) is 0 Å². The summed E-state index contributed by atoms with van der Waals surface area (Å²) in [6.45, 7) is 8.95. The zero-order chi connectivity index (χ0) is 13.4. The fourth-order valence-corrected chi connectivity index (χ4v) is 0.335. The van der Waals surface area contributed by atoms with Gasteiger partial charge in [0.25, 0.3) is 0 Å². The summed E-state index contributed by atoms with van der Waals surface area (Å²) in [7, 11) is 7.09. The van der Waals surface area contributed by atoms with Crippen molar-refractivity contribution in [1.29, 1.82) is 0 Å². The van der Waals surface area contributed by atoms with Gasteiger partial charge in [0, 0.05) is 7.11 Å². The average molecular weight is 228 g/mol. The zero-order valence-electron chi connectivity index (χ0n) is 11.4. The first-order chi connectivity index (χ1) is 7.06. The number of rotatable bonds is 4. The molecule has 94 valence electrons. The Morgan fingerprint density at radius 1 is 1.19 bits per heavy atom. The minimum absolute atomic E-state index is 0.625. The van der Waals surface area contributed by atoms with Crippen molar-refractivity contribution in [1.82, 2.24) is 0 Å². The highest BCUT2D eigenvalue weighted by molar-refractivity contribution is 6.21. The third-order valence-electron chi connectivity index (χ3n) is 2.42. The Labute approximate surface area is 101 Å². The average Bonchev–Trinajstić information content (AvgIpc) is 2.12. The molecule has 2 radical (unpaired) electrons. The lowest BCUT2D eigenvalue weighted by molar-refractivity contribution is -0.107. The van der Waals surface area contributed by atoms with E-state index in [1.54, 1.807) is 34.8 Å². The third kappa shape index (κ3) is 10.2. The van der Waals surface area contributed by atoms with Crippen LogP contribution in [0.15, 0.2) is 11.5 Å². The lowest BCUT2D eigenvalue weighted by Crippen LogP contribution is -2.44. The van der Waals surface area contributed by atoms with E-state index in [4.69, 9.17) is 22.8 Å². The standard InChI is InChI=1S/C6H11BO.C6H14O2/c1-3-6(7)4-5-8-2;1-5(2,7)6(3,4)8/h4H,3,5H2,1-2H3;7-8H,1-4H3/b6-4+;. The summed E-state index contributed by atoms with van der Waals surface area (Å²) in [5, 5.41) is 18.2. The van der Waals surface area contributed by atoms with Crippen LogP contribution in [0.25, 0.3) is 0 Å². The summed E-state index contributed by atoms with van der Waals surface area (Å²) in [6.07, 6.45) is 2.78. The van der Waals surface area contributed by atoms with E-state index < -0.39 is 11.2 Å². The second-order valence-corrected chi connectivity index (χ2v) is 4.71. The van der Waals surface area contributed by atoms with Crippen LogP contribution in [-0.4, -0.2) is 43.0 Å². The lowest BCUT2D eigenvalue weighted by atomic mass is 9.90. The Kier molecular flexibility index (Phi) is 8.89. The summed E-state index contributed by atoms with van der Waals surface area (Å²) in [6, 6.07) is 0. The molecule has 3 nitrogen and oxygen atoms in total. The first-order valence-corrected chi connectivity index (χ1v) is 5.44. The molecule has 0 aromatic carbocycles. The van der Waals surface area contributed by atoms with Crippen LogP contribution in [0, 0.1) is 0 Å². The number of allylic oxidation sites excluding steroid dienone is 1. The van der Waals surface area contributed by atoms with Crippen LogP contribution in [0.2, 0.25) is 0 Å². The molecule has 0 rings (SSSR count). The normalized spacial score (nSPS) is 13.1. The Morgan fingerprint density at radius 3 is 1.75 bits per heavy atom. The van der Waals surface area contributed by atoms with Gasteiger partial charge < -0.3 is 14.9 Å². The molecule has 0 heterocycles. The van der Waals surface area contributed by atoms with Gasteiger partial charge in [-0.3, -0.25) is 0 Å². The lowest BCUT2D eigenvalue weighted by Gasteiger charge is -2.31. The Hall–Kier alpha value is -0.315. The van der Waals surface area contributed by atoms with E-state index in [0.717, 1.165) is 11.9 Å². The molecule has 0 bridgehead atoms. The summed E-state index contributed by atoms with van der Waals surface area (Å²) in [5.41, 5.74) is -1.12. The highest BCUT2D eigenvalue weighted by atomic mass is 16.5. The smallest absolute Gasteiger partial charge is 0.107 e. The number of hydrogen-bond donors (Lipinski definition) is 2. The van der Waals surface area contributed by atoms with E-state index in [0.29, 0.717) is 6.61 Å². The van der Waals surface area contributed by atoms with Gasteiger partial charge in [-0.15, -0.1) is 5.47 Å². The Morgan fingerprint density at radius 2 is 1.56 bits per heavy atom. The van der Waals surface area contributed by atoms with Crippen molar-refractivity contribution >= 4 is 7.85 Å². The monoisotopic (exact) mass is 228 g/mol. The second-order valence-electron chi connectivity index (χ2n) is 4.71. The minimum Gasteiger partial charge on any atom is -0.387 e. The number of aliphatic hydroxyl groups is 2. The van der Waals surface area contributed by atoms with Gasteiger partial charge in [-0.2, -0.15) is 0 Å². The van der Waals surface area contributed by atoms with Gasteiger partial charge in [-0.25, -0.2) is 0 Å². The molecule has 0 spiro atoms. The van der Waals surface area contributed by atoms with Gasteiger partial charge in [0.2, 0.25) is 0 Å². The van der Waals surface area contributed by atoms with Crippen molar-refractivity contribution in [2.24, 2.45) is 0 Å².